The predicted octanol–water partition coefficient (Wildman–Crippen LogP) is 3.73. The summed E-state index contributed by atoms with van der Waals surface area (Å²) in [6, 6.07) is 10.4. The Kier molecular flexibility index (Phi) is 4.76. The number of carbonyl (C=O) groups is 1. The Morgan fingerprint density at radius 3 is 2.74 bits per heavy atom. The SMILES string of the molecule is Cc1ccc(S[C@@H](C)C(=O)N(C)Cc2cc(C3CC3)n[nH]2)cc1. The molecule has 23 heavy (non-hydrogen) atoms. The van der Waals surface area contributed by atoms with Crippen LogP contribution in [0.25, 0.3) is 0 Å². The molecule has 1 heterocycles. The van der Waals surface area contributed by atoms with E-state index in [0.717, 1.165) is 16.3 Å². The monoisotopic (exact) mass is 329 g/mol. The number of aryl methyl sites for hydroxylation is 1. The van der Waals surface area contributed by atoms with Crippen LogP contribution in [-0.2, 0) is 11.3 Å². The number of aromatic amines is 1. The lowest BCUT2D eigenvalue weighted by atomic mass is 10.2. The van der Waals surface area contributed by atoms with E-state index in [1.54, 1.807) is 16.7 Å². The van der Waals surface area contributed by atoms with E-state index < -0.39 is 0 Å². The molecule has 1 fully saturated rings. The minimum atomic E-state index is -0.103. The highest BCUT2D eigenvalue weighted by Gasteiger charge is 2.26. The first kappa shape index (κ1) is 16.1. The van der Waals surface area contributed by atoms with Crippen LogP contribution < -0.4 is 0 Å². The second kappa shape index (κ2) is 6.79. The Hall–Kier alpha value is -1.75. The average molecular weight is 329 g/mol. The molecule has 1 aliphatic carbocycles. The number of carbonyl (C=O) groups excluding carboxylic acids is 1. The van der Waals surface area contributed by atoms with Crippen molar-refractivity contribution in [3.8, 4) is 0 Å². The quantitative estimate of drug-likeness (QED) is 0.822. The van der Waals surface area contributed by atoms with Crippen LogP contribution in [0.2, 0.25) is 0 Å². The maximum absolute atomic E-state index is 12.5. The molecule has 1 N–H and O–H groups in total. The van der Waals surface area contributed by atoms with E-state index in [9.17, 15) is 4.79 Å². The Morgan fingerprint density at radius 2 is 2.09 bits per heavy atom. The molecule has 0 unspecified atom stereocenters. The van der Waals surface area contributed by atoms with Gasteiger partial charge in [-0.05, 0) is 44.9 Å². The summed E-state index contributed by atoms with van der Waals surface area (Å²) in [4.78, 5) is 15.4. The number of rotatable bonds is 6. The number of aromatic nitrogens is 2. The van der Waals surface area contributed by atoms with E-state index in [4.69, 9.17) is 0 Å². The smallest absolute Gasteiger partial charge is 0.235 e. The fraction of sp³-hybridized carbons (Fsp3) is 0.444. The fourth-order valence-electron chi connectivity index (χ4n) is 2.56. The summed E-state index contributed by atoms with van der Waals surface area (Å²) in [5.41, 5.74) is 3.38. The van der Waals surface area contributed by atoms with Crippen molar-refractivity contribution in [2.24, 2.45) is 0 Å². The molecule has 1 aromatic heterocycles. The third-order valence-electron chi connectivity index (χ3n) is 4.11. The van der Waals surface area contributed by atoms with Crippen molar-refractivity contribution in [1.29, 1.82) is 0 Å². The molecule has 0 radical (unpaired) electrons. The van der Waals surface area contributed by atoms with Gasteiger partial charge in [0.2, 0.25) is 5.91 Å². The molecule has 0 saturated heterocycles. The zero-order chi connectivity index (χ0) is 16.4. The van der Waals surface area contributed by atoms with Crippen molar-refractivity contribution in [3.05, 3.63) is 47.3 Å². The van der Waals surface area contributed by atoms with Gasteiger partial charge in [-0.25, -0.2) is 0 Å². The third-order valence-corrected chi connectivity index (χ3v) is 5.21. The summed E-state index contributed by atoms with van der Waals surface area (Å²) in [5, 5.41) is 7.30. The standard InChI is InChI=1S/C18H23N3OS/c1-12-4-8-16(9-5-12)23-13(2)18(22)21(3)11-15-10-17(20-19-15)14-6-7-14/h4-5,8-10,13-14H,6-7,11H2,1-3H3,(H,19,20)/t13-/m0/s1. The Balaban J connectivity index is 1.55. The molecule has 4 nitrogen and oxygen atoms in total. The molecule has 1 aromatic carbocycles. The Bertz CT molecular complexity index is 676. The van der Waals surface area contributed by atoms with Crippen LogP contribution in [0, 0.1) is 6.92 Å². The van der Waals surface area contributed by atoms with Gasteiger partial charge in [0.25, 0.3) is 0 Å². The maximum atomic E-state index is 12.5. The molecule has 0 aliphatic heterocycles. The van der Waals surface area contributed by atoms with Crippen LogP contribution in [0.1, 0.15) is 42.6 Å². The lowest BCUT2D eigenvalue weighted by Gasteiger charge is -2.20. The van der Waals surface area contributed by atoms with Crippen molar-refractivity contribution in [2.45, 2.75) is 49.3 Å². The largest absolute Gasteiger partial charge is 0.339 e. The van der Waals surface area contributed by atoms with Crippen LogP contribution in [0.4, 0.5) is 0 Å². The van der Waals surface area contributed by atoms with Gasteiger partial charge in [-0.15, -0.1) is 11.8 Å². The van der Waals surface area contributed by atoms with E-state index in [1.807, 2.05) is 14.0 Å². The summed E-state index contributed by atoms with van der Waals surface area (Å²) in [6.07, 6.45) is 2.48. The molecule has 122 valence electrons. The minimum absolute atomic E-state index is 0.103. The summed E-state index contributed by atoms with van der Waals surface area (Å²) in [7, 11) is 1.85. The molecular formula is C18H23N3OS. The van der Waals surface area contributed by atoms with Gasteiger partial charge < -0.3 is 4.90 Å². The van der Waals surface area contributed by atoms with E-state index in [0.29, 0.717) is 12.5 Å². The van der Waals surface area contributed by atoms with Crippen molar-refractivity contribution in [1.82, 2.24) is 15.1 Å². The molecule has 0 spiro atoms. The molecule has 1 saturated carbocycles. The van der Waals surface area contributed by atoms with E-state index in [2.05, 4.69) is 47.5 Å². The van der Waals surface area contributed by atoms with E-state index in [1.165, 1.54) is 18.4 Å². The van der Waals surface area contributed by atoms with Gasteiger partial charge in [-0.1, -0.05) is 17.7 Å². The summed E-state index contributed by atoms with van der Waals surface area (Å²) < 4.78 is 0. The van der Waals surface area contributed by atoms with Crippen LogP contribution in [-0.4, -0.2) is 33.3 Å². The zero-order valence-corrected chi connectivity index (χ0v) is 14.7. The molecule has 0 bridgehead atoms. The van der Waals surface area contributed by atoms with Gasteiger partial charge in [-0.3, -0.25) is 9.89 Å². The first-order valence-corrected chi connectivity index (χ1v) is 8.93. The van der Waals surface area contributed by atoms with Crippen LogP contribution in [0.15, 0.2) is 35.2 Å². The average Bonchev–Trinajstić information content (AvgIpc) is 3.29. The molecule has 1 aliphatic rings. The van der Waals surface area contributed by atoms with Gasteiger partial charge in [0.1, 0.15) is 0 Å². The normalized spacial score (nSPS) is 15.4. The van der Waals surface area contributed by atoms with Crippen molar-refractivity contribution >= 4 is 17.7 Å². The van der Waals surface area contributed by atoms with Gasteiger partial charge in [0.05, 0.1) is 23.2 Å². The van der Waals surface area contributed by atoms with Gasteiger partial charge in [0, 0.05) is 17.9 Å². The number of hydrogen-bond acceptors (Lipinski definition) is 3. The predicted molar refractivity (Wildman–Crippen MR) is 93.5 cm³/mol. The molecule has 3 rings (SSSR count). The van der Waals surface area contributed by atoms with Crippen molar-refractivity contribution in [2.75, 3.05) is 7.05 Å². The topological polar surface area (TPSA) is 49.0 Å². The highest BCUT2D eigenvalue weighted by molar-refractivity contribution is 8.00. The minimum Gasteiger partial charge on any atom is -0.339 e. The van der Waals surface area contributed by atoms with E-state index in [-0.39, 0.29) is 11.2 Å². The third kappa shape index (κ3) is 4.16. The van der Waals surface area contributed by atoms with Gasteiger partial charge >= 0.3 is 0 Å². The number of nitrogens with zero attached hydrogens (tertiary/aromatic N) is 2. The lowest BCUT2D eigenvalue weighted by Crippen LogP contribution is -2.32. The summed E-state index contributed by atoms with van der Waals surface area (Å²) >= 11 is 1.60. The maximum Gasteiger partial charge on any atom is 0.235 e. The molecule has 2 aromatic rings. The van der Waals surface area contributed by atoms with Crippen molar-refractivity contribution in [3.63, 3.8) is 0 Å². The number of thioether (sulfide) groups is 1. The van der Waals surface area contributed by atoms with E-state index >= 15 is 0 Å². The van der Waals surface area contributed by atoms with Crippen LogP contribution in [0.5, 0.6) is 0 Å². The first-order chi connectivity index (χ1) is 11.0. The summed E-state index contributed by atoms with van der Waals surface area (Å²) in [5.74, 6) is 0.773. The molecule has 1 amide bonds. The Labute approximate surface area is 141 Å². The second-order valence-corrected chi connectivity index (χ2v) is 7.77. The van der Waals surface area contributed by atoms with Crippen LogP contribution in [0.3, 0.4) is 0 Å². The van der Waals surface area contributed by atoms with Gasteiger partial charge in [-0.2, -0.15) is 5.10 Å². The lowest BCUT2D eigenvalue weighted by molar-refractivity contribution is -0.129. The highest BCUT2D eigenvalue weighted by atomic mass is 32.2. The number of hydrogen-bond donors (Lipinski definition) is 1. The van der Waals surface area contributed by atoms with Crippen LogP contribution >= 0.6 is 11.8 Å². The number of benzene rings is 1. The first-order valence-electron chi connectivity index (χ1n) is 8.05. The van der Waals surface area contributed by atoms with Crippen molar-refractivity contribution < 1.29 is 4.79 Å². The number of nitrogens with one attached hydrogen (secondary N) is 1. The molecular weight excluding hydrogens is 306 g/mol. The molecule has 1 atom stereocenters. The number of amides is 1. The van der Waals surface area contributed by atoms with Gasteiger partial charge in [0.15, 0.2) is 0 Å². The fourth-order valence-corrected chi connectivity index (χ4v) is 3.55. The highest BCUT2D eigenvalue weighted by Crippen LogP contribution is 2.39. The number of H-pyrrole nitrogens is 1. The Morgan fingerprint density at radius 1 is 1.39 bits per heavy atom. The zero-order valence-electron chi connectivity index (χ0n) is 13.9. The second-order valence-electron chi connectivity index (χ2n) is 6.36. The summed E-state index contributed by atoms with van der Waals surface area (Å²) in [6.45, 7) is 4.61. The molecule has 5 heteroatoms.